The average molecular weight is 338 g/mol. The zero-order valence-electron chi connectivity index (χ0n) is 11.2. The van der Waals surface area contributed by atoms with E-state index in [1.807, 2.05) is 0 Å². The van der Waals surface area contributed by atoms with Crippen LogP contribution in [0.4, 0.5) is 17.1 Å². The van der Waals surface area contributed by atoms with E-state index in [0.29, 0.717) is 0 Å². The molecule has 2 N–H and O–H groups in total. The van der Waals surface area contributed by atoms with Crippen LogP contribution < -0.4 is 5.32 Å². The molecule has 9 nitrogen and oxygen atoms in total. The largest absolute Gasteiger partial charge is 0.506 e. The quantitative estimate of drug-likeness (QED) is 0.499. The van der Waals surface area contributed by atoms with Crippen molar-refractivity contribution in [3.63, 3.8) is 0 Å². The molecule has 0 heterocycles. The molecular formula is C13H8ClN3O6. The number of hydrogen-bond donors (Lipinski definition) is 2. The van der Waals surface area contributed by atoms with Crippen LogP contribution in [0.3, 0.4) is 0 Å². The lowest BCUT2D eigenvalue weighted by molar-refractivity contribution is -0.385. The van der Waals surface area contributed by atoms with Crippen LogP contribution in [0.5, 0.6) is 5.75 Å². The topological polar surface area (TPSA) is 136 Å². The van der Waals surface area contributed by atoms with Gasteiger partial charge < -0.3 is 10.4 Å². The summed E-state index contributed by atoms with van der Waals surface area (Å²) < 4.78 is 0. The van der Waals surface area contributed by atoms with Crippen LogP contribution in [0.1, 0.15) is 10.4 Å². The Morgan fingerprint density at radius 1 is 1.04 bits per heavy atom. The van der Waals surface area contributed by atoms with E-state index in [1.54, 1.807) is 0 Å². The molecule has 2 aromatic carbocycles. The Labute approximate surface area is 133 Å². The van der Waals surface area contributed by atoms with Gasteiger partial charge in [0.1, 0.15) is 5.75 Å². The van der Waals surface area contributed by atoms with Crippen LogP contribution in [0.25, 0.3) is 0 Å². The Morgan fingerprint density at radius 3 is 2.22 bits per heavy atom. The van der Waals surface area contributed by atoms with Crippen molar-refractivity contribution in [2.24, 2.45) is 0 Å². The zero-order chi connectivity index (χ0) is 17.1. The number of anilines is 1. The molecule has 118 valence electrons. The smallest absolute Gasteiger partial charge is 0.271 e. The van der Waals surface area contributed by atoms with Crippen molar-refractivity contribution < 1.29 is 19.7 Å². The second-order valence-corrected chi connectivity index (χ2v) is 4.74. The van der Waals surface area contributed by atoms with Gasteiger partial charge in [0.15, 0.2) is 0 Å². The summed E-state index contributed by atoms with van der Waals surface area (Å²) in [6, 6.07) is 6.34. The van der Waals surface area contributed by atoms with Crippen molar-refractivity contribution in [2.45, 2.75) is 0 Å². The third-order valence-electron chi connectivity index (χ3n) is 2.84. The van der Waals surface area contributed by atoms with E-state index in [1.165, 1.54) is 6.07 Å². The molecular weight excluding hydrogens is 330 g/mol. The van der Waals surface area contributed by atoms with E-state index in [0.717, 1.165) is 30.3 Å². The number of nitrogens with zero attached hydrogens (tertiary/aromatic N) is 2. The fraction of sp³-hybridized carbons (Fsp3) is 0. The molecule has 0 spiro atoms. The molecule has 0 unspecified atom stereocenters. The first-order valence-corrected chi connectivity index (χ1v) is 6.40. The lowest BCUT2D eigenvalue weighted by Gasteiger charge is -2.08. The summed E-state index contributed by atoms with van der Waals surface area (Å²) in [6.07, 6.45) is 0. The summed E-state index contributed by atoms with van der Waals surface area (Å²) in [5.74, 6) is -1.25. The van der Waals surface area contributed by atoms with Gasteiger partial charge in [0.05, 0.1) is 26.1 Å². The third kappa shape index (κ3) is 3.52. The van der Waals surface area contributed by atoms with E-state index in [2.05, 4.69) is 5.32 Å². The highest BCUT2D eigenvalue weighted by Gasteiger charge is 2.18. The molecule has 23 heavy (non-hydrogen) atoms. The lowest BCUT2D eigenvalue weighted by atomic mass is 10.1. The number of amides is 1. The first-order valence-electron chi connectivity index (χ1n) is 6.02. The van der Waals surface area contributed by atoms with Crippen LogP contribution in [-0.2, 0) is 0 Å². The molecule has 0 aliphatic heterocycles. The standard InChI is InChI=1S/C13H8ClN3O6/c14-10-3-1-7(16(20)21)5-9(10)13(19)15-11-6-8(17(22)23)2-4-12(11)18/h1-6,18H,(H,15,19). The van der Waals surface area contributed by atoms with Crippen molar-refractivity contribution in [1.82, 2.24) is 0 Å². The van der Waals surface area contributed by atoms with Gasteiger partial charge in [-0.15, -0.1) is 0 Å². The summed E-state index contributed by atoms with van der Waals surface area (Å²) in [5, 5.41) is 33.3. The molecule has 0 atom stereocenters. The molecule has 0 bridgehead atoms. The number of hydrogen-bond acceptors (Lipinski definition) is 6. The van der Waals surface area contributed by atoms with Gasteiger partial charge in [-0.3, -0.25) is 25.0 Å². The second-order valence-electron chi connectivity index (χ2n) is 4.33. The van der Waals surface area contributed by atoms with E-state index in [4.69, 9.17) is 11.6 Å². The summed E-state index contributed by atoms with van der Waals surface area (Å²) in [4.78, 5) is 32.2. The van der Waals surface area contributed by atoms with Crippen molar-refractivity contribution in [1.29, 1.82) is 0 Å². The maximum Gasteiger partial charge on any atom is 0.271 e. The number of non-ortho nitro benzene ring substituents is 2. The number of benzene rings is 2. The molecule has 0 radical (unpaired) electrons. The highest BCUT2D eigenvalue weighted by molar-refractivity contribution is 6.34. The van der Waals surface area contributed by atoms with Gasteiger partial charge in [0.25, 0.3) is 17.3 Å². The second kappa shape index (κ2) is 6.28. The third-order valence-corrected chi connectivity index (χ3v) is 3.17. The number of phenolic OH excluding ortho intramolecular Hbond substituents is 1. The van der Waals surface area contributed by atoms with Crippen molar-refractivity contribution >= 4 is 34.6 Å². The van der Waals surface area contributed by atoms with Gasteiger partial charge in [0, 0.05) is 24.3 Å². The highest BCUT2D eigenvalue weighted by atomic mass is 35.5. The maximum absolute atomic E-state index is 12.1. The van der Waals surface area contributed by atoms with Gasteiger partial charge in [-0.2, -0.15) is 0 Å². The van der Waals surface area contributed by atoms with Crippen molar-refractivity contribution in [3.05, 3.63) is 67.2 Å². The fourth-order valence-electron chi connectivity index (χ4n) is 1.73. The van der Waals surface area contributed by atoms with Gasteiger partial charge in [-0.1, -0.05) is 11.6 Å². The molecule has 0 saturated carbocycles. The SMILES string of the molecule is O=C(Nc1cc([N+](=O)[O-])ccc1O)c1cc([N+](=O)[O-])ccc1Cl. The monoisotopic (exact) mass is 337 g/mol. The molecule has 0 saturated heterocycles. The van der Waals surface area contributed by atoms with Crippen LogP contribution in [0.15, 0.2) is 36.4 Å². The van der Waals surface area contributed by atoms with E-state index in [-0.39, 0.29) is 27.6 Å². The predicted octanol–water partition coefficient (Wildman–Crippen LogP) is 3.11. The van der Waals surface area contributed by atoms with Crippen molar-refractivity contribution in [3.8, 4) is 5.75 Å². The van der Waals surface area contributed by atoms with E-state index < -0.39 is 21.5 Å². The van der Waals surface area contributed by atoms with Crippen LogP contribution in [-0.4, -0.2) is 20.9 Å². The minimum absolute atomic E-state index is 0.0435. The fourth-order valence-corrected chi connectivity index (χ4v) is 1.93. The Hall–Kier alpha value is -3.20. The van der Waals surface area contributed by atoms with Gasteiger partial charge in [-0.05, 0) is 12.1 Å². The molecule has 0 aliphatic carbocycles. The Morgan fingerprint density at radius 2 is 1.61 bits per heavy atom. The Bertz CT molecular complexity index is 823. The van der Waals surface area contributed by atoms with Gasteiger partial charge in [0.2, 0.25) is 0 Å². The first kappa shape index (κ1) is 16.2. The molecule has 10 heteroatoms. The Kier molecular flexibility index (Phi) is 4.42. The van der Waals surface area contributed by atoms with E-state index in [9.17, 15) is 30.1 Å². The highest BCUT2D eigenvalue weighted by Crippen LogP contribution is 2.29. The zero-order valence-corrected chi connectivity index (χ0v) is 12.0. The minimum Gasteiger partial charge on any atom is -0.506 e. The number of nitro groups is 2. The van der Waals surface area contributed by atoms with Crippen LogP contribution in [0, 0.1) is 20.2 Å². The maximum atomic E-state index is 12.1. The number of rotatable bonds is 4. The molecule has 0 aromatic heterocycles. The van der Waals surface area contributed by atoms with Gasteiger partial charge >= 0.3 is 0 Å². The molecule has 0 aliphatic rings. The van der Waals surface area contributed by atoms with E-state index >= 15 is 0 Å². The number of halogens is 1. The molecule has 2 aromatic rings. The van der Waals surface area contributed by atoms with Crippen molar-refractivity contribution in [2.75, 3.05) is 5.32 Å². The lowest BCUT2D eigenvalue weighted by Crippen LogP contribution is -2.13. The number of aromatic hydroxyl groups is 1. The van der Waals surface area contributed by atoms with Crippen LogP contribution in [0.2, 0.25) is 5.02 Å². The molecule has 1 amide bonds. The predicted molar refractivity (Wildman–Crippen MR) is 80.8 cm³/mol. The number of carbonyl (C=O) groups excluding carboxylic acids is 1. The number of nitro benzene ring substituents is 2. The van der Waals surface area contributed by atoms with Gasteiger partial charge in [-0.25, -0.2) is 0 Å². The summed E-state index contributed by atoms with van der Waals surface area (Å²) >= 11 is 5.83. The first-order chi connectivity index (χ1) is 10.8. The molecule has 0 fully saturated rings. The average Bonchev–Trinajstić information content (AvgIpc) is 2.49. The number of carbonyl (C=O) groups is 1. The summed E-state index contributed by atoms with van der Waals surface area (Å²) in [6.45, 7) is 0. The molecule has 2 rings (SSSR count). The summed E-state index contributed by atoms with van der Waals surface area (Å²) in [5.41, 5.74) is -1.11. The summed E-state index contributed by atoms with van der Waals surface area (Å²) in [7, 11) is 0. The number of phenols is 1. The normalized spacial score (nSPS) is 10.1. The number of nitrogens with one attached hydrogen (secondary N) is 1. The Balaban J connectivity index is 2.36. The van der Waals surface area contributed by atoms with Crippen LogP contribution >= 0.6 is 11.6 Å². The minimum atomic E-state index is -0.852.